The summed E-state index contributed by atoms with van der Waals surface area (Å²) in [4.78, 5) is 0. The van der Waals surface area contributed by atoms with Crippen molar-refractivity contribution in [2.24, 2.45) is 0 Å². The maximum atomic E-state index is 5.22. The Morgan fingerprint density at radius 1 is 1.47 bits per heavy atom. The van der Waals surface area contributed by atoms with Gasteiger partial charge in [0.2, 0.25) is 0 Å². The van der Waals surface area contributed by atoms with Gasteiger partial charge in [0.1, 0.15) is 0 Å². The number of rotatable bonds is 8. The number of hydrogen-bond acceptors (Lipinski definition) is 4. The summed E-state index contributed by atoms with van der Waals surface area (Å²) < 4.78 is 12.1. The summed E-state index contributed by atoms with van der Waals surface area (Å²) in [5.41, 5.74) is 2.29. The molecule has 5 nitrogen and oxygen atoms in total. The van der Waals surface area contributed by atoms with E-state index in [4.69, 9.17) is 9.47 Å². The standard InChI is InChI=1S/C12H23N3O2/c1-10(17-4)8-15-9-12(11(2)14-15)7-13-5-6-16-3/h9-10,13H,5-8H2,1-4H3. The van der Waals surface area contributed by atoms with E-state index in [1.54, 1.807) is 14.2 Å². The summed E-state index contributed by atoms with van der Waals surface area (Å²) in [5, 5.41) is 7.78. The van der Waals surface area contributed by atoms with Crippen LogP contribution in [-0.4, -0.2) is 43.3 Å². The van der Waals surface area contributed by atoms with Gasteiger partial charge in [-0.1, -0.05) is 0 Å². The Labute approximate surface area is 103 Å². The Bertz CT molecular complexity index is 326. The molecule has 0 fully saturated rings. The lowest BCUT2D eigenvalue weighted by molar-refractivity contribution is 0.0997. The molecule has 1 aromatic rings. The first-order valence-corrected chi connectivity index (χ1v) is 5.92. The Kier molecular flexibility index (Phi) is 6.18. The lowest BCUT2D eigenvalue weighted by atomic mass is 10.2. The molecule has 1 N–H and O–H groups in total. The van der Waals surface area contributed by atoms with Crippen molar-refractivity contribution in [3.63, 3.8) is 0 Å². The van der Waals surface area contributed by atoms with E-state index in [1.165, 1.54) is 5.56 Å². The number of hydrogen-bond donors (Lipinski definition) is 1. The fourth-order valence-electron chi connectivity index (χ4n) is 1.56. The Morgan fingerprint density at radius 3 is 2.88 bits per heavy atom. The van der Waals surface area contributed by atoms with Crippen molar-refractivity contribution in [3.8, 4) is 0 Å². The van der Waals surface area contributed by atoms with Gasteiger partial charge in [-0.05, 0) is 13.8 Å². The van der Waals surface area contributed by atoms with E-state index in [1.807, 2.05) is 18.5 Å². The van der Waals surface area contributed by atoms with Crippen LogP contribution in [0.2, 0.25) is 0 Å². The van der Waals surface area contributed by atoms with Crippen molar-refractivity contribution >= 4 is 0 Å². The number of methoxy groups -OCH3 is 2. The molecule has 1 heterocycles. The molecule has 1 rings (SSSR count). The van der Waals surface area contributed by atoms with Crippen LogP contribution in [0.25, 0.3) is 0 Å². The van der Waals surface area contributed by atoms with Gasteiger partial charge in [0.15, 0.2) is 0 Å². The third-order valence-corrected chi connectivity index (χ3v) is 2.69. The van der Waals surface area contributed by atoms with Crippen LogP contribution in [0.3, 0.4) is 0 Å². The second-order valence-corrected chi connectivity index (χ2v) is 4.18. The Balaban J connectivity index is 2.44. The van der Waals surface area contributed by atoms with Crippen LogP contribution in [0.1, 0.15) is 18.2 Å². The van der Waals surface area contributed by atoms with Crippen LogP contribution >= 0.6 is 0 Å². The summed E-state index contributed by atoms with van der Waals surface area (Å²) in [5.74, 6) is 0. The van der Waals surface area contributed by atoms with Gasteiger partial charge in [-0.25, -0.2) is 0 Å². The van der Waals surface area contributed by atoms with Crippen molar-refractivity contribution in [1.29, 1.82) is 0 Å². The zero-order chi connectivity index (χ0) is 12.7. The minimum Gasteiger partial charge on any atom is -0.383 e. The lowest BCUT2D eigenvalue weighted by Crippen LogP contribution is -2.18. The summed E-state index contributed by atoms with van der Waals surface area (Å²) in [7, 11) is 3.42. The molecule has 0 bridgehead atoms. The molecule has 1 unspecified atom stereocenters. The molecule has 5 heteroatoms. The van der Waals surface area contributed by atoms with Crippen LogP contribution in [0.5, 0.6) is 0 Å². The van der Waals surface area contributed by atoms with Crippen LogP contribution in [0.15, 0.2) is 6.20 Å². The molecule has 0 spiro atoms. The molecule has 1 aromatic heterocycles. The maximum absolute atomic E-state index is 5.22. The fourth-order valence-corrected chi connectivity index (χ4v) is 1.56. The highest BCUT2D eigenvalue weighted by Gasteiger charge is 2.07. The van der Waals surface area contributed by atoms with Gasteiger partial charge in [0.05, 0.1) is 24.9 Å². The zero-order valence-corrected chi connectivity index (χ0v) is 11.2. The number of ether oxygens (including phenoxy) is 2. The highest BCUT2D eigenvalue weighted by atomic mass is 16.5. The molecular formula is C12H23N3O2. The van der Waals surface area contributed by atoms with Gasteiger partial charge in [0, 0.05) is 39.1 Å². The van der Waals surface area contributed by atoms with Gasteiger partial charge in [0.25, 0.3) is 0 Å². The molecule has 0 amide bonds. The number of aryl methyl sites for hydroxylation is 1. The van der Waals surface area contributed by atoms with Gasteiger partial charge < -0.3 is 14.8 Å². The summed E-state index contributed by atoms with van der Waals surface area (Å²) in [6.45, 7) is 7.27. The van der Waals surface area contributed by atoms with Crippen LogP contribution in [0, 0.1) is 6.92 Å². The maximum Gasteiger partial charge on any atom is 0.0739 e. The molecule has 0 aliphatic carbocycles. The van der Waals surface area contributed by atoms with Gasteiger partial charge >= 0.3 is 0 Å². The van der Waals surface area contributed by atoms with E-state index in [0.29, 0.717) is 0 Å². The summed E-state index contributed by atoms with van der Waals surface area (Å²) in [6, 6.07) is 0. The van der Waals surface area contributed by atoms with E-state index >= 15 is 0 Å². The second-order valence-electron chi connectivity index (χ2n) is 4.18. The first-order valence-electron chi connectivity index (χ1n) is 5.92. The van der Waals surface area contributed by atoms with Crippen LogP contribution < -0.4 is 5.32 Å². The van der Waals surface area contributed by atoms with Crippen molar-refractivity contribution in [2.45, 2.75) is 33.0 Å². The van der Waals surface area contributed by atoms with E-state index < -0.39 is 0 Å². The summed E-state index contributed by atoms with van der Waals surface area (Å²) in [6.07, 6.45) is 2.26. The largest absolute Gasteiger partial charge is 0.383 e. The molecule has 0 radical (unpaired) electrons. The second kappa shape index (κ2) is 7.42. The van der Waals surface area contributed by atoms with Crippen molar-refractivity contribution < 1.29 is 9.47 Å². The minimum atomic E-state index is 0.184. The average molecular weight is 241 g/mol. The molecule has 0 saturated carbocycles. The topological polar surface area (TPSA) is 48.3 Å². The fraction of sp³-hybridized carbons (Fsp3) is 0.750. The molecule has 1 atom stereocenters. The van der Waals surface area contributed by atoms with Crippen LogP contribution in [-0.2, 0) is 22.6 Å². The minimum absolute atomic E-state index is 0.184. The number of nitrogens with one attached hydrogen (secondary N) is 1. The van der Waals surface area contributed by atoms with Gasteiger partial charge in [-0.2, -0.15) is 5.10 Å². The quantitative estimate of drug-likeness (QED) is 0.689. The van der Waals surface area contributed by atoms with Crippen LogP contribution in [0.4, 0.5) is 0 Å². The molecule has 0 saturated heterocycles. The molecule has 0 aliphatic heterocycles. The number of nitrogens with zero attached hydrogens (tertiary/aromatic N) is 2. The molecule has 17 heavy (non-hydrogen) atoms. The average Bonchev–Trinajstić information content (AvgIpc) is 2.65. The van der Waals surface area contributed by atoms with E-state index in [0.717, 1.165) is 31.9 Å². The first kappa shape index (κ1) is 14.2. The normalized spacial score (nSPS) is 12.9. The van der Waals surface area contributed by atoms with E-state index in [-0.39, 0.29) is 6.10 Å². The Hall–Kier alpha value is -0.910. The van der Waals surface area contributed by atoms with Gasteiger partial charge in [-0.3, -0.25) is 4.68 Å². The predicted molar refractivity (Wildman–Crippen MR) is 67.0 cm³/mol. The van der Waals surface area contributed by atoms with Crippen molar-refractivity contribution in [2.75, 3.05) is 27.4 Å². The summed E-state index contributed by atoms with van der Waals surface area (Å²) >= 11 is 0. The third-order valence-electron chi connectivity index (χ3n) is 2.69. The highest BCUT2D eigenvalue weighted by Crippen LogP contribution is 2.06. The molecule has 0 aliphatic rings. The van der Waals surface area contributed by atoms with Crippen molar-refractivity contribution in [3.05, 3.63) is 17.5 Å². The first-order chi connectivity index (χ1) is 8.17. The molecule has 98 valence electrons. The van der Waals surface area contributed by atoms with Crippen molar-refractivity contribution in [1.82, 2.24) is 15.1 Å². The van der Waals surface area contributed by atoms with E-state index in [2.05, 4.69) is 16.6 Å². The SMILES string of the molecule is COCCNCc1cn(CC(C)OC)nc1C. The highest BCUT2D eigenvalue weighted by molar-refractivity contribution is 5.15. The lowest BCUT2D eigenvalue weighted by Gasteiger charge is -2.08. The Morgan fingerprint density at radius 2 is 2.24 bits per heavy atom. The molecule has 0 aromatic carbocycles. The smallest absolute Gasteiger partial charge is 0.0739 e. The predicted octanol–water partition coefficient (Wildman–Crippen LogP) is 0.962. The molecular weight excluding hydrogens is 218 g/mol. The third kappa shape index (κ3) is 4.85. The van der Waals surface area contributed by atoms with Gasteiger partial charge in [-0.15, -0.1) is 0 Å². The monoisotopic (exact) mass is 241 g/mol. The number of aromatic nitrogens is 2. The zero-order valence-electron chi connectivity index (χ0n) is 11.2. The van der Waals surface area contributed by atoms with E-state index in [9.17, 15) is 0 Å².